The van der Waals surface area contributed by atoms with Crippen LogP contribution >= 0.6 is 11.6 Å². The Kier molecular flexibility index (Phi) is 3.30. The molecule has 1 nitrogen and oxygen atoms in total. The molecular formula is C15H13ClO. The maximum Gasteiger partial charge on any atom is 0.194 e. The first kappa shape index (κ1) is 11.9. The van der Waals surface area contributed by atoms with Crippen molar-refractivity contribution >= 4 is 17.4 Å². The van der Waals surface area contributed by atoms with Crippen molar-refractivity contribution in [3.8, 4) is 0 Å². The van der Waals surface area contributed by atoms with Crippen molar-refractivity contribution in [2.75, 3.05) is 0 Å². The third-order valence-electron chi connectivity index (χ3n) is 2.75. The molecule has 0 N–H and O–H groups in total. The first-order chi connectivity index (χ1) is 8.09. The fourth-order valence-electron chi connectivity index (χ4n) is 1.86. The third kappa shape index (κ3) is 2.40. The van der Waals surface area contributed by atoms with Gasteiger partial charge in [-0.25, -0.2) is 0 Å². The van der Waals surface area contributed by atoms with Gasteiger partial charge in [-0.05, 0) is 31.5 Å². The lowest BCUT2D eigenvalue weighted by Gasteiger charge is -2.07. The minimum atomic E-state index is -0.0203. The van der Waals surface area contributed by atoms with E-state index in [2.05, 4.69) is 0 Å². The standard InChI is InChI=1S/C15H13ClO/c1-10-7-8-12(11(2)9-10)15(17)13-5-3-4-6-14(13)16/h3-9H,1-2H3. The van der Waals surface area contributed by atoms with Crippen LogP contribution in [0.3, 0.4) is 0 Å². The van der Waals surface area contributed by atoms with Crippen molar-refractivity contribution in [2.45, 2.75) is 13.8 Å². The molecular weight excluding hydrogens is 232 g/mol. The van der Waals surface area contributed by atoms with E-state index in [1.165, 1.54) is 0 Å². The van der Waals surface area contributed by atoms with Gasteiger partial charge in [0.15, 0.2) is 5.78 Å². The molecule has 17 heavy (non-hydrogen) atoms. The summed E-state index contributed by atoms with van der Waals surface area (Å²) in [6.07, 6.45) is 0. The van der Waals surface area contributed by atoms with Gasteiger partial charge in [-0.2, -0.15) is 0 Å². The van der Waals surface area contributed by atoms with Gasteiger partial charge in [-0.3, -0.25) is 4.79 Å². The molecule has 0 aliphatic carbocycles. The van der Waals surface area contributed by atoms with E-state index in [-0.39, 0.29) is 5.78 Å². The van der Waals surface area contributed by atoms with Crippen LogP contribution in [-0.2, 0) is 0 Å². The quantitative estimate of drug-likeness (QED) is 0.724. The largest absolute Gasteiger partial charge is 0.289 e. The van der Waals surface area contributed by atoms with Crippen LogP contribution in [0.15, 0.2) is 42.5 Å². The summed E-state index contributed by atoms with van der Waals surface area (Å²) in [6, 6.07) is 12.9. The molecule has 0 amide bonds. The summed E-state index contributed by atoms with van der Waals surface area (Å²) in [5, 5.41) is 0.498. The summed E-state index contributed by atoms with van der Waals surface area (Å²) >= 11 is 6.03. The number of hydrogen-bond acceptors (Lipinski definition) is 1. The van der Waals surface area contributed by atoms with E-state index < -0.39 is 0 Å². The molecule has 86 valence electrons. The van der Waals surface area contributed by atoms with Gasteiger partial charge in [0, 0.05) is 11.1 Å². The van der Waals surface area contributed by atoms with Crippen molar-refractivity contribution < 1.29 is 4.79 Å². The second-order valence-electron chi connectivity index (χ2n) is 4.13. The minimum Gasteiger partial charge on any atom is -0.289 e. The Morgan fingerprint density at radius 3 is 2.35 bits per heavy atom. The Balaban J connectivity index is 2.48. The molecule has 0 atom stereocenters. The minimum absolute atomic E-state index is 0.0203. The van der Waals surface area contributed by atoms with Crippen LogP contribution in [0.2, 0.25) is 5.02 Å². The van der Waals surface area contributed by atoms with Gasteiger partial charge in [0.05, 0.1) is 5.02 Å². The number of carbonyl (C=O) groups excluding carboxylic acids is 1. The number of halogens is 1. The van der Waals surface area contributed by atoms with Gasteiger partial charge >= 0.3 is 0 Å². The van der Waals surface area contributed by atoms with Crippen LogP contribution in [0.4, 0.5) is 0 Å². The average Bonchev–Trinajstić information content (AvgIpc) is 2.29. The van der Waals surface area contributed by atoms with E-state index >= 15 is 0 Å². The zero-order valence-electron chi connectivity index (χ0n) is 9.83. The molecule has 0 spiro atoms. The molecule has 2 aromatic rings. The molecule has 0 aliphatic rings. The average molecular weight is 245 g/mol. The predicted molar refractivity (Wildman–Crippen MR) is 70.8 cm³/mol. The van der Waals surface area contributed by atoms with Gasteiger partial charge < -0.3 is 0 Å². The lowest BCUT2D eigenvalue weighted by atomic mass is 9.98. The van der Waals surface area contributed by atoms with Gasteiger partial charge in [0.2, 0.25) is 0 Å². The molecule has 0 radical (unpaired) electrons. The van der Waals surface area contributed by atoms with Crippen LogP contribution in [0.25, 0.3) is 0 Å². The van der Waals surface area contributed by atoms with Gasteiger partial charge in [0.25, 0.3) is 0 Å². The molecule has 2 aromatic carbocycles. The van der Waals surface area contributed by atoms with Gasteiger partial charge in [-0.15, -0.1) is 0 Å². The molecule has 0 heterocycles. The molecule has 0 saturated heterocycles. The molecule has 0 aromatic heterocycles. The van der Waals surface area contributed by atoms with E-state index in [4.69, 9.17) is 11.6 Å². The summed E-state index contributed by atoms with van der Waals surface area (Å²) in [5.41, 5.74) is 3.40. The van der Waals surface area contributed by atoms with E-state index in [1.807, 2.05) is 44.2 Å². The summed E-state index contributed by atoms with van der Waals surface area (Å²) in [7, 11) is 0. The number of ketones is 1. The summed E-state index contributed by atoms with van der Waals surface area (Å²) in [5.74, 6) is -0.0203. The van der Waals surface area contributed by atoms with Gasteiger partial charge in [0.1, 0.15) is 0 Å². The predicted octanol–water partition coefficient (Wildman–Crippen LogP) is 4.19. The third-order valence-corrected chi connectivity index (χ3v) is 3.07. The molecule has 0 bridgehead atoms. The fourth-order valence-corrected chi connectivity index (χ4v) is 2.08. The highest BCUT2D eigenvalue weighted by Crippen LogP contribution is 2.21. The van der Waals surface area contributed by atoms with E-state index in [1.54, 1.807) is 12.1 Å². The highest BCUT2D eigenvalue weighted by Gasteiger charge is 2.14. The zero-order valence-corrected chi connectivity index (χ0v) is 10.6. The number of hydrogen-bond donors (Lipinski definition) is 0. The van der Waals surface area contributed by atoms with Crippen molar-refractivity contribution in [2.24, 2.45) is 0 Å². The van der Waals surface area contributed by atoms with E-state index in [0.29, 0.717) is 16.1 Å². The smallest absolute Gasteiger partial charge is 0.194 e. The molecule has 0 saturated carbocycles. The maximum atomic E-state index is 12.3. The summed E-state index contributed by atoms with van der Waals surface area (Å²) < 4.78 is 0. The van der Waals surface area contributed by atoms with Crippen LogP contribution < -0.4 is 0 Å². The molecule has 0 aliphatic heterocycles. The zero-order chi connectivity index (χ0) is 12.4. The van der Waals surface area contributed by atoms with Crippen molar-refractivity contribution in [3.63, 3.8) is 0 Å². The normalized spacial score (nSPS) is 10.3. The van der Waals surface area contributed by atoms with Crippen molar-refractivity contribution in [3.05, 3.63) is 69.7 Å². The monoisotopic (exact) mass is 244 g/mol. The Labute approximate surface area is 106 Å². The second kappa shape index (κ2) is 4.72. The van der Waals surface area contributed by atoms with E-state index in [0.717, 1.165) is 11.1 Å². The highest BCUT2D eigenvalue weighted by molar-refractivity contribution is 6.35. The molecule has 0 fully saturated rings. The van der Waals surface area contributed by atoms with Crippen LogP contribution in [-0.4, -0.2) is 5.78 Å². The number of carbonyl (C=O) groups is 1. The number of aryl methyl sites for hydroxylation is 2. The lowest BCUT2D eigenvalue weighted by Crippen LogP contribution is -2.04. The summed E-state index contributed by atoms with van der Waals surface area (Å²) in [6.45, 7) is 3.95. The Bertz CT molecular complexity index is 573. The van der Waals surface area contributed by atoms with E-state index in [9.17, 15) is 4.79 Å². The maximum absolute atomic E-state index is 12.3. The first-order valence-corrected chi connectivity index (χ1v) is 5.84. The number of benzene rings is 2. The summed E-state index contributed by atoms with van der Waals surface area (Å²) in [4.78, 5) is 12.3. The van der Waals surface area contributed by atoms with Gasteiger partial charge in [-0.1, -0.05) is 47.5 Å². The first-order valence-electron chi connectivity index (χ1n) is 5.46. The van der Waals surface area contributed by atoms with Crippen LogP contribution in [0.1, 0.15) is 27.0 Å². The SMILES string of the molecule is Cc1ccc(C(=O)c2ccccc2Cl)c(C)c1. The fraction of sp³-hybridized carbons (Fsp3) is 0.133. The second-order valence-corrected chi connectivity index (χ2v) is 4.53. The Hall–Kier alpha value is -1.60. The molecule has 2 heteroatoms. The molecule has 2 rings (SSSR count). The topological polar surface area (TPSA) is 17.1 Å². The van der Waals surface area contributed by atoms with Crippen molar-refractivity contribution in [1.82, 2.24) is 0 Å². The van der Waals surface area contributed by atoms with Crippen molar-refractivity contribution in [1.29, 1.82) is 0 Å². The van der Waals surface area contributed by atoms with Crippen LogP contribution in [0, 0.1) is 13.8 Å². The highest BCUT2D eigenvalue weighted by atomic mass is 35.5. The van der Waals surface area contributed by atoms with Crippen LogP contribution in [0.5, 0.6) is 0 Å². The lowest BCUT2D eigenvalue weighted by molar-refractivity contribution is 0.103. The Morgan fingerprint density at radius 1 is 1.00 bits per heavy atom. The molecule has 0 unspecified atom stereocenters. The number of rotatable bonds is 2. The Morgan fingerprint density at radius 2 is 1.71 bits per heavy atom.